The first kappa shape index (κ1) is 14.9. The van der Waals surface area contributed by atoms with E-state index in [-0.39, 0.29) is 16.6 Å². The maximum atomic E-state index is 12.4. The third kappa shape index (κ3) is 3.44. The second kappa shape index (κ2) is 6.17. The van der Waals surface area contributed by atoms with Gasteiger partial charge >= 0.3 is 0 Å². The molecule has 18 heavy (non-hydrogen) atoms. The molecule has 1 aromatic rings. The average molecular weight is 276 g/mol. The van der Waals surface area contributed by atoms with Crippen LogP contribution in [-0.2, 0) is 14.8 Å². The third-order valence-electron chi connectivity index (χ3n) is 2.36. The van der Waals surface area contributed by atoms with E-state index in [2.05, 4.69) is 10.2 Å². The fourth-order valence-corrected chi connectivity index (χ4v) is 3.14. The van der Waals surface area contributed by atoms with Crippen LogP contribution in [0.25, 0.3) is 0 Å². The molecule has 1 rings (SSSR count). The number of sulfonamides is 1. The van der Waals surface area contributed by atoms with Gasteiger partial charge in [-0.05, 0) is 5.92 Å². The predicted molar refractivity (Wildman–Crippen MR) is 68.5 cm³/mol. The summed E-state index contributed by atoms with van der Waals surface area (Å²) in [5.41, 5.74) is 5.57. The molecular weight excluding hydrogens is 256 g/mol. The van der Waals surface area contributed by atoms with Gasteiger partial charge in [0.15, 0.2) is 0 Å². The Morgan fingerprint density at radius 1 is 1.56 bits per heavy atom. The fraction of sp³-hybridized carbons (Fsp3) is 0.700. The molecule has 1 heterocycles. The Balaban J connectivity index is 2.99. The zero-order valence-corrected chi connectivity index (χ0v) is 11.7. The Kier molecular flexibility index (Phi) is 5.12. The van der Waals surface area contributed by atoms with E-state index in [4.69, 9.17) is 10.5 Å². The molecule has 0 aliphatic rings. The number of ether oxygens (including phenoxy) is 1. The molecule has 0 amide bonds. The molecule has 0 spiro atoms. The van der Waals surface area contributed by atoms with E-state index >= 15 is 0 Å². The maximum absolute atomic E-state index is 12.4. The van der Waals surface area contributed by atoms with Crippen molar-refractivity contribution in [2.75, 3.05) is 32.5 Å². The molecular formula is C10H20N4O3S. The summed E-state index contributed by atoms with van der Waals surface area (Å²) in [6.07, 6.45) is 1.23. The molecule has 0 fully saturated rings. The van der Waals surface area contributed by atoms with Gasteiger partial charge in [0.05, 0.1) is 12.8 Å². The Bertz CT molecular complexity index is 469. The van der Waals surface area contributed by atoms with Gasteiger partial charge in [-0.15, -0.1) is 0 Å². The number of anilines is 1. The van der Waals surface area contributed by atoms with Crippen LogP contribution in [-0.4, -0.2) is 49.7 Å². The largest absolute Gasteiger partial charge is 0.383 e. The number of H-pyrrole nitrogens is 1. The molecule has 0 aliphatic heterocycles. The SMILES string of the molecule is COCCN(CC(C)C)S(=O)(=O)c1cn[nH]c1N. The zero-order valence-electron chi connectivity index (χ0n) is 10.9. The molecule has 0 bridgehead atoms. The van der Waals surface area contributed by atoms with Crippen molar-refractivity contribution in [3.8, 4) is 0 Å². The van der Waals surface area contributed by atoms with Gasteiger partial charge in [0.25, 0.3) is 0 Å². The van der Waals surface area contributed by atoms with E-state index < -0.39 is 10.0 Å². The zero-order chi connectivity index (χ0) is 13.8. The van der Waals surface area contributed by atoms with E-state index in [1.165, 1.54) is 17.6 Å². The predicted octanol–water partition coefficient (Wildman–Crippen LogP) is 0.285. The van der Waals surface area contributed by atoms with Gasteiger partial charge in [0.2, 0.25) is 10.0 Å². The normalized spacial score (nSPS) is 12.5. The average Bonchev–Trinajstić information content (AvgIpc) is 2.70. The van der Waals surface area contributed by atoms with E-state index in [0.717, 1.165) is 0 Å². The summed E-state index contributed by atoms with van der Waals surface area (Å²) >= 11 is 0. The summed E-state index contributed by atoms with van der Waals surface area (Å²) in [6, 6.07) is 0. The van der Waals surface area contributed by atoms with Gasteiger partial charge in [0.1, 0.15) is 10.7 Å². The summed E-state index contributed by atoms with van der Waals surface area (Å²) in [5.74, 6) is 0.269. The highest BCUT2D eigenvalue weighted by molar-refractivity contribution is 7.89. The van der Waals surface area contributed by atoms with Crippen molar-refractivity contribution in [1.29, 1.82) is 0 Å². The molecule has 0 saturated carbocycles. The van der Waals surface area contributed by atoms with Crippen molar-refractivity contribution in [1.82, 2.24) is 14.5 Å². The minimum atomic E-state index is -3.62. The minimum Gasteiger partial charge on any atom is -0.383 e. The van der Waals surface area contributed by atoms with Gasteiger partial charge in [-0.25, -0.2) is 8.42 Å². The van der Waals surface area contributed by atoms with Crippen molar-refractivity contribution in [3.63, 3.8) is 0 Å². The molecule has 0 radical (unpaired) electrons. The number of hydrogen-bond acceptors (Lipinski definition) is 5. The number of nitrogen functional groups attached to an aromatic ring is 1. The van der Waals surface area contributed by atoms with Crippen molar-refractivity contribution >= 4 is 15.8 Å². The van der Waals surface area contributed by atoms with Crippen LogP contribution in [0.3, 0.4) is 0 Å². The molecule has 1 aromatic heterocycles. The summed E-state index contributed by atoms with van der Waals surface area (Å²) in [7, 11) is -2.09. The summed E-state index contributed by atoms with van der Waals surface area (Å²) in [6.45, 7) is 4.95. The third-order valence-corrected chi connectivity index (χ3v) is 4.26. The topological polar surface area (TPSA) is 101 Å². The van der Waals surface area contributed by atoms with Gasteiger partial charge in [-0.3, -0.25) is 5.10 Å². The Labute approximate surface area is 107 Å². The summed E-state index contributed by atoms with van der Waals surface area (Å²) < 4.78 is 31.1. The van der Waals surface area contributed by atoms with Crippen LogP contribution >= 0.6 is 0 Å². The van der Waals surface area contributed by atoms with Crippen molar-refractivity contribution < 1.29 is 13.2 Å². The molecule has 104 valence electrons. The highest BCUT2D eigenvalue weighted by Crippen LogP contribution is 2.20. The quantitative estimate of drug-likeness (QED) is 0.745. The molecule has 0 saturated heterocycles. The number of aromatic nitrogens is 2. The highest BCUT2D eigenvalue weighted by Gasteiger charge is 2.28. The number of methoxy groups -OCH3 is 1. The van der Waals surface area contributed by atoms with Crippen LogP contribution in [0, 0.1) is 5.92 Å². The van der Waals surface area contributed by atoms with Crippen molar-refractivity contribution in [2.45, 2.75) is 18.7 Å². The van der Waals surface area contributed by atoms with Crippen LogP contribution in [0.5, 0.6) is 0 Å². The molecule has 0 unspecified atom stereocenters. The number of rotatable bonds is 7. The fourth-order valence-electron chi connectivity index (χ4n) is 1.54. The van der Waals surface area contributed by atoms with Crippen LogP contribution in [0.15, 0.2) is 11.1 Å². The standard InChI is InChI=1S/C10H20N4O3S/c1-8(2)7-14(4-5-17-3)18(15,16)9-6-12-13-10(9)11/h6,8H,4-5,7H2,1-3H3,(H3,11,12,13). The highest BCUT2D eigenvalue weighted by atomic mass is 32.2. The molecule has 0 aliphatic carbocycles. The van der Waals surface area contributed by atoms with E-state index in [1.54, 1.807) is 0 Å². The number of nitrogens with zero attached hydrogens (tertiary/aromatic N) is 2. The van der Waals surface area contributed by atoms with Gasteiger partial charge in [-0.2, -0.15) is 9.40 Å². The lowest BCUT2D eigenvalue weighted by atomic mass is 10.2. The lowest BCUT2D eigenvalue weighted by molar-refractivity contribution is 0.175. The summed E-state index contributed by atoms with van der Waals surface area (Å²) in [5, 5.41) is 6.07. The second-order valence-corrected chi connectivity index (χ2v) is 6.30. The summed E-state index contributed by atoms with van der Waals surface area (Å²) in [4.78, 5) is 0.0132. The molecule has 0 atom stereocenters. The van der Waals surface area contributed by atoms with Crippen molar-refractivity contribution in [2.24, 2.45) is 5.92 Å². The van der Waals surface area contributed by atoms with Crippen molar-refractivity contribution in [3.05, 3.63) is 6.20 Å². The van der Waals surface area contributed by atoms with Crippen LogP contribution < -0.4 is 5.73 Å². The first-order valence-electron chi connectivity index (χ1n) is 5.67. The molecule has 7 nitrogen and oxygen atoms in total. The number of nitrogens with two attached hydrogens (primary N) is 1. The Morgan fingerprint density at radius 3 is 2.67 bits per heavy atom. The van der Waals surface area contributed by atoms with Gasteiger partial charge in [0, 0.05) is 20.2 Å². The Hall–Kier alpha value is -1.12. The monoisotopic (exact) mass is 276 g/mol. The second-order valence-electron chi connectivity index (χ2n) is 4.40. The minimum absolute atomic E-state index is 0.0132. The number of aromatic amines is 1. The lowest BCUT2D eigenvalue weighted by Crippen LogP contribution is -2.36. The van der Waals surface area contributed by atoms with Crippen LogP contribution in [0.4, 0.5) is 5.82 Å². The number of nitrogens with one attached hydrogen (secondary N) is 1. The van der Waals surface area contributed by atoms with E-state index in [9.17, 15) is 8.42 Å². The molecule has 8 heteroatoms. The van der Waals surface area contributed by atoms with Crippen LogP contribution in [0.2, 0.25) is 0 Å². The lowest BCUT2D eigenvalue weighted by Gasteiger charge is -2.23. The van der Waals surface area contributed by atoms with Crippen LogP contribution in [0.1, 0.15) is 13.8 Å². The van der Waals surface area contributed by atoms with E-state index in [0.29, 0.717) is 19.7 Å². The maximum Gasteiger partial charge on any atom is 0.248 e. The number of hydrogen-bond donors (Lipinski definition) is 2. The smallest absolute Gasteiger partial charge is 0.248 e. The first-order chi connectivity index (χ1) is 8.39. The Morgan fingerprint density at radius 2 is 2.22 bits per heavy atom. The first-order valence-corrected chi connectivity index (χ1v) is 7.11. The van der Waals surface area contributed by atoms with Gasteiger partial charge in [-0.1, -0.05) is 13.8 Å². The van der Waals surface area contributed by atoms with E-state index in [1.807, 2.05) is 13.8 Å². The molecule has 0 aromatic carbocycles. The molecule has 3 N–H and O–H groups in total. The van der Waals surface area contributed by atoms with Gasteiger partial charge < -0.3 is 10.5 Å².